The monoisotopic (exact) mass is 372 g/mol. The number of anilines is 1. The molecule has 0 aliphatic carbocycles. The number of ether oxygens (including phenoxy) is 1. The first-order valence-corrected chi connectivity index (χ1v) is 7.50. The van der Waals surface area contributed by atoms with Crippen molar-refractivity contribution in [2.45, 2.75) is 13.8 Å². The zero-order valence-corrected chi connectivity index (χ0v) is 14.6. The van der Waals surface area contributed by atoms with Crippen molar-refractivity contribution in [3.8, 4) is 5.75 Å². The van der Waals surface area contributed by atoms with Crippen LogP contribution in [-0.2, 0) is 0 Å². The van der Waals surface area contributed by atoms with Gasteiger partial charge in [0.2, 0.25) is 0 Å². The number of nitro benzene ring substituents is 1. The van der Waals surface area contributed by atoms with Crippen molar-refractivity contribution in [1.82, 2.24) is 10.2 Å². The minimum atomic E-state index is -0.699. The number of nitrogens with one attached hydrogen (secondary N) is 1. The van der Waals surface area contributed by atoms with E-state index >= 15 is 0 Å². The van der Waals surface area contributed by atoms with Crippen molar-refractivity contribution in [3.05, 3.63) is 50.2 Å². The maximum absolute atomic E-state index is 12.1. The van der Waals surface area contributed by atoms with E-state index in [2.05, 4.69) is 15.5 Å². The number of rotatable bonds is 4. The predicted octanol–water partition coefficient (Wildman–Crippen LogP) is 3.98. The van der Waals surface area contributed by atoms with Crippen LogP contribution < -0.4 is 10.1 Å². The topological polar surface area (TPSA) is 107 Å². The van der Waals surface area contributed by atoms with Crippen LogP contribution >= 0.6 is 23.2 Å². The summed E-state index contributed by atoms with van der Waals surface area (Å²) in [6, 6.07) is 5.22. The lowest BCUT2D eigenvalue weighted by Gasteiger charge is -2.08. The lowest BCUT2D eigenvalue weighted by atomic mass is 10.2. The Bertz CT molecular complexity index is 756. The summed E-state index contributed by atoms with van der Waals surface area (Å²) in [6.07, 6.45) is 0. The predicted molar refractivity (Wildman–Crippen MR) is 91.0 cm³/mol. The summed E-state index contributed by atoms with van der Waals surface area (Å²) >= 11 is 11.4. The zero-order valence-electron chi connectivity index (χ0n) is 13.0. The molecule has 8 nitrogen and oxygen atoms in total. The number of halogens is 2. The van der Waals surface area contributed by atoms with Crippen LogP contribution in [0.5, 0.6) is 5.75 Å². The number of nitrogens with zero attached hydrogens (tertiary/aromatic N) is 3. The van der Waals surface area contributed by atoms with Gasteiger partial charge in [-0.1, -0.05) is 37.0 Å². The number of aromatic nitrogens is 2. The average molecular weight is 373 g/mol. The van der Waals surface area contributed by atoms with E-state index in [4.69, 9.17) is 27.9 Å². The van der Waals surface area contributed by atoms with Gasteiger partial charge in [0.05, 0.1) is 23.7 Å². The van der Waals surface area contributed by atoms with Crippen LogP contribution in [0.25, 0.3) is 0 Å². The zero-order chi connectivity index (χ0) is 18.3. The molecule has 0 fully saturated rings. The standard InChI is InChI=1S/C12H8Cl2N4O4.C2H6/c1-22-6-2-3-8(9(4-6)18(20)21)15-12(19)7-5-10(13)16-17-11(7)14;1-2/h2-5H,1H3,(H,15,19);1-2H3. The van der Waals surface area contributed by atoms with Gasteiger partial charge in [0.1, 0.15) is 11.4 Å². The Hall–Kier alpha value is -2.45. The second kappa shape index (κ2) is 8.99. The third-order valence-electron chi connectivity index (χ3n) is 2.61. The van der Waals surface area contributed by atoms with Crippen LogP contribution in [0.3, 0.4) is 0 Å². The van der Waals surface area contributed by atoms with Gasteiger partial charge in [-0.3, -0.25) is 14.9 Å². The highest BCUT2D eigenvalue weighted by Crippen LogP contribution is 2.29. The van der Waals surface area contributed by atoms with Gasteiger partial charge in [-0.15, -0.1) is 10.2 Å². The largest absolute Gasteiger partial charge is 0.496 e. The second-order valence-electron chi connectivity index (χ2n) is 3.97. The Morgan fingerprint density at radius 1 is 1.25 bits per heavy atom. The van der Waals surface area contributed by atoms with Crippen molar-refractivity contribution < 1.29 is 14.5 Å². The summed E-state index contributed by atoms with van der Waals surface area (Å²) in [5.74, 6) is -0.411. The summed E-state index contributed by atoms with van der Waals surface area (Å²) in [6.45, 7) is 4.00. The molecule has 1 aromatic heterocycles. The molecule has 24 heavy (non-hydrogen) atoms. The molecule has 0 bridgehead atoms. The molecule has 0 aliphatic rings. The first-order chi connectivity index (χ1) is 11.4. The number of carbonyl (C=O) groups excluding carboxylic acids is 1. The molecule has 10 heteroatoms. The normalized spacial score (nSPS) is 9.54. The fourth-order valence-electron chi connectivity index (χ4n) is 1.60. The molecule has 1 amide bonds. The van der Waals surface area contributed by atoms with Gasteiger partial charge in [-0.2, -0.15) is 0 Å². The van der Waals surface area contributed by atoms with Gasteiger partial charge < -0.3 is 10.1 Å². The van der Waals surface area contributed by atoms with E-state index in [1.54, 1.807) is 0 Å². The second-order valence-corrected chi connectivity index (χ2v) is 4.71. The smallest absolute Gasteiger partial charge is 0.296 e. The number of nitro groups is 1. The van der Waals surface area contributed by atoms with E-state index in [0.717, 1.165) is 0 Å². The van der Waals surface area contributed by atoms with Crippen molar-refractivity contribution in [2.24, 2.45) is 0 Å². The molecule has 1 aromatic carbocycles. The highest BCUT2D eigenvalue weighted by molar-refractivity contribution is 6.34. The summed E-state index contributed by atoms with van der Waals surface area (Å²) < 4.78 is 4.91. The highest BCUT2D eigenvalue weighted by atomic mass is 35.5. The Morgan fingerprint density at radius 3 is 2.50 bits per heavy atom. The van der Waals surface area contributed by atoms with Gasteiger partial charge in [0.15, 0.2) is 10.3 Å². The van der Waals surface area contributed by atoms with E-state index in [1.165, 1.54) is 31.4 Å². The Balaban J connectivity index is 0.00000139. The molecule has 0 saturated heterocycles. The molecular weight excluding hydrogens is 359 g/mol. The maximum atomic E-state index is 12.1. The van der Waals surface area contributed by atoms with Crippen LogP contribution in [-0.4, -0.2) is 28.1 Å². The molecule has 128 valence electrons. The van der Waals surface area contributed by atoms with E-state index in [-0.39, 0.29) is 33.0 Å². The van der Waals surface area contributed by atoms with Crippen molar-refractivity contribution in [3.63, 3.8) is 0 Å². The van der Waals surface area contributed by atoms with Crippen LogP contribution in [0.4, 0.5) is 11.4 Å². The summed E-state index contributed by atoms with van der Waals surface area (Å²) in [5, 5.41) is 20.2. The molecular formula is C14H14Cl2N4O4. The van der Waals surface area contributed by atoms with Crippen LogP contribution in [0.1, 0.15) is 24.2 Å². The SMILES string of the molecule is CC.COc1ccc(NC(=O)c2cc(Cl)nnc2Cl)c([N+](=O)[O-])c1. The highest BCUT2D eigenvalue weighted by Gasteiger charge is 2.20. The number of methoxy groups -OCH3 is 1. The molecule has 2 rings (SSSR count). The fraction of sp³-hybridized carbons (Fsp3) is 0.214. The lowest BCUT2D eigenvalue weighted by molar-refractivity contribution is -0.384. The molecule has 0 saturated carbocycles. The average Bonchev–Trinajstić information content (AvgIpc) is 2.58. The van der Waals surface area contributed by atoms with Crippen molar-refractivity contribution in [2.75, 3.05) is 12.4 Å². The molecule has 1 heterocycles. The quantitative estimate of drug-likeness (QED) is 0.642. The number of carbonyl (C=O) groups is 1. The summed E-state index contributed by atoms with van der Waals surface area (Å²) in [4.78, 5) is 22.6. The lowest BCUT2D eigenvalue weighted by Crippen LogP contribution is -2.14. The number of hydrogen-bond donors (Lipinski definition) is 1. The number of hydrogen-bond acceptors (Lipinski definition) is 6. The molecule has 0 spiro atoms. The van der Waals surface area contributed by atoms with Gasteiger partial charge >= 0.3 is 0 Å². The molecule has 0 atom stereocenters. The minimum absolute atomic E-state index is 0.0141. The summed E-state index contributed by atoms with van der Waals surface area (Å²) in [7, 11) is 1.38. The Labute approximate surface area is 147 Å². The maximum Gasteiger partial charge on any atom is 0.296 e. The molecule has 1 N–H and O–H groups in total. The van der Waals surface area contributed by atoms with Gasteiger partial charge in [-0.25, -0.2) is 0 Å². The van der Waals surface area contributed by atoms with E-state index in [1.807, 2.05) is 13.8 Å². The van der Waals surface area contributed by atoms with E-state index in [9.17, 15) is 14.9 Å². The summed E-state index contributed by atoms with van der Waals surface area (Å²) in [5.41, 5.74) is -0.386. The van der Waals surface area contributed by atoms with Crippen LogP contribution in [0.2, 0.25) is 10.3 Å². The molecule has 2 aromatic rings. The number of benzene rings is 1. The van der Waals surface area contributed by atoms with Crippen LogP contribution in [0.15, 0.2) is 24.3 Å². The Morgan fingerprint density at radius 2 is 1.92 bits per heavy atom. The minimum Gasteiger partial charge on any atom is -0.496 e. The van der Waals surface area contributed by atoms with Gasteiger partial charge in [0.25, 0.3) is 11.6 Å². The molecule has 0 radical (unpaired) electrons. The van der Waals surface area contributed by atoms with Crippen molar-refractivity contribution >= 4 is 40.5 Å². The Kier molecular flexibility index (Phi) is 7.34. The third-order valence-corrected chi connectivity index (χ3v) is 3.08. The third kappa shape index (κ3) is 4.77. The fourth-order valence-corrected chi connectivity index (χ4v) is 1.92. The van der Waals surface area contributed by atoms with Crippen LogP contribution in [0, 0.1) is 10.1 Å². The van der Waals surface area contributed by atoms with Gasteiger partial charge in [0, 0.05) is 0 Å². The number of amides is 1. The first-order valence-electron chi connectivity index (χ1n) is 6.75. The van der Waals surface area contributed by atoms with E-state index in [0.29, 0.717) is 0 Å². The van der Waals surface area contributed by atoms with E-state index < -0.39 is 10.8 Å². The molecule has 0 aliphatic heterocycles. The molecule has 0 unspecified atom stereocenters. The van der Waals surface area contributed by atoms with Crippen molar-refractivity contribution in [1.29, 1.82) is 0 Å². The van der Waals surface area contributed by atoms with Gasteiger partial charge in [-0.05, 0) is 18.2 Å². The first kappa shape index (κ1) is 19.6.